The maximum atomic E-state index is 4.72. The molecule has 0 bridgehead atoms. The van der Waals surface area contributed by atoms with Crippen LogP contribution in [0.4, 0.5) is 0 Å². The number of hydrogen-bond acceptors (Lipinski definition) is 3. The average Bonchev–Trinajstić information content (AvgIpc) is 3.20. The molecule has 2 rings (SSSR count). The van der Waals surface area contributed by atoms with Gasteiger partial charge in [0.25, 0.3) is 0 Å². The number of aromatic nitrogens is 2. The van der Waals surface area contributed by atoms with E-state index in [-0.39, 0.29) is 24.0 Å². The first-order valence-corrected chi connectivity index (χ1v) is 9.59. The lowest BCUT2D eigenvalue weighted by molar-refractivity contribution is 0.566. The molecule has 1 atom stereocenters. The molecule has 0 saturated heterocycles. The van der Waals surface area contributed by atoms with Crippen molar-refractivity contribution in [2.24, 2.45) is 10.9 Å². The van der Waals surface area contributed by atoms with E-state index in [0.717, 1.165) is 45.0 Å². The zero-order valence-electron chi connectivity index (χ0n) is 15.4. The SMILES string of the molecule is CCNC(=NCC(C)Cc1cccs1)NCCCn1cc(C)cn1.I. The van der Waals surface area contributed by atoms with E-state index in [1.54, 1.807) is 0 Å². The number of halogens is 1. The van der Waals surface area contributed by atoms with Crippen molar-refractivity contribution in [2.45, 2.75) is 40.2 Å². The number of thiophene rings is 1. The van der Waals surface area contributed by atoms with Crippen molar-refractivity contribution in [2.75, 3.05) is 19.6 Å². The molecule has 140 valence electrons. The topological polar surface area (TPSA) is 54.2 Å². The van der Waals surface area contributed by atoms with Gasteiger partial charge in [0.1, 0.15) is 0 Å². The molecule has 2 aromatic rings. The van der Waals surface area contributed by atoms with Gasteiger partial charge >= 0.3 is 0 Å². The third-order valence-corrected chi connectivity index (χ3v) is 4.55. The molecule has 1 unspecified atom stereocenters. The first-order valence-electron chi connectivity index (χ1n) is 8.71. The Bertz CT molecular complexity index is 609. The summed E-state index contributed by atoms with van der Waals surface area (Å²) in [5, 5.41) is 13.2. The van der Waals surface area contributed by atoms with Crippen LogP contribution in [-0.2, 0) is 13.0 Å². The fourth-order valence-electron chi connectivity index (χ4n) is 2.46. The van der Waals surface area contributed by atoms with Gasteiger partial charge in [0.05, 0.1) is 6.20 Å². The minimum absolute atomic E-state index is 0. The van der Waals surface area contributed by atoms with Crippen molar-refractivity contribution in [3.63, 3.8) is 0 Å². The summed E-state index contributed by atoms with van der Waals surface area (Å²) in [6.07, 6.45) is 6.09. The van der Waals surface area contributed by atoms with Gasteiger partial charge in [0.2, 0.25) is 0 Å². The number of rotatable bonds is 9. The highest BCUT2D eigenvalue weighted by Gasteiger charge is 2.05. The summed E-state index contributed by atoms with van der Waals surface area (Å²) in [4.78, 5) is 6.15. The molecule has 0 fully saturated rings. The Kier molecular flexibility index (Phi) is 10.8. The van der Waals surface area contributed by atoms with Crippen LogP contribution in [0.25, 0.3) is 0 Å². The molecule has 0 aliphatic rings. The Balaban J connectivity index is 0.00000312. The Labute approximate surface area is 172 Å². The van der Waals surface area contributed by atoms with Gasteiger partial charge in [-0.05, 0) is 49.6 Å². The number of aryl methyl sites for hydroxylation is 2. The zero-order valence-corrected chi connectivity index (χ0v) is 18.5. The normalized spacial score (nSPS) is 12.5. The second kappa shape index (κ2) is 12.3. The van der Waals surface area contributed by atoms with Crippen LogP contribution in [0.3, 0.4) is 0 Å². The van der Waals surface area contributed by atoms with E-state index in [2.05, 4.69) is 60.2 Å². The molecule has 2 N–H and O–H groups in total. The van der Waals surface area contributed by atoms with Gasteiger partial charge in [-0.2, -0.15) is 5.10 Å². The highest BCUT2D eigenvalue weighted by molar-refractivity contribution is 14.0. The first-order chi connectivity index (χ1) is 11.7. The van der Waals surface area contributed by atoms with Crippen LogP contribution in [0.2, 0.25) is 0 Å². The quantitative estimate of drug-likeness (QED) is 0.252. The zero-order chi connectivity index (χ0) is 17.2. The fraction of sp³-hybridized carbons (Fsp3) is 0.556. The second-order valence-electron chi connectivity index (χ2n) is 6.17. The van der Waals surface area contributed by atoms with Gasteiger partial charge in [-0.25, -0.2) is 0 Å². The van der Waals surface area contributed by atoms with E-state index in [4.69, 9.17) is 4.99 Å². The number of guanidine groups is 1. The smallest absolute Gasteiger partial charge is 0.191 e. The van der Waals surface area contributed by atoms with Gasteiger partial charge < -0.3 is 10.6 Å². The Morgan fingerprint density at radius 2 is 2.24 bits per heavy atom. The summed E-state index contributed by atoms with van der Waals surface area (Å²) in [7, 11) is 0. The Hall–Kier alpha value is -1.09. The van der Waals surface area contributed by atoms with E-state index < -0.39 is 0 Å². The number of nitrogens with one attached hydrogen (secondary N) is 2. The highest BCUT2D eigenvalue weighted by atomic mass is 127. The van der Waals surface area contributed by atoms with Crippen molar-refractivity contribution in [3.05, 3.63) is 40.3 Å². The predicted molar refractivity (Wildman–Crippen MR) is 118 cm³/mol. The molecule has 0 spiro atoms. The van der Waals surface area contributed by atoms with Crippen molar-refractivity contribution in [3.8, 4) is 0 Å². The summed E-state index contributed by atoms with van der Waals surface area (Å²) >= 11 is 1.82. The van der Waals surface area contributed by atoms with Crippen LogP contribution < -0.4 is 10.6 Å². The monoisotopic (exact) mass is 475 g/mol. The first kappa shape index (κ1) is 22.0. The molecule has 7 heteroatoms. The number of hydrogen-bond donors (Lipinski definition) is 2. The lowest BCUT2D eigenvalue weighted by Crippen LogP contribution is -2.38. The molecule has 5 nitrogen and oxygen atoms in total. The van der Waals surface area contributed by atoms with Crippen molar-refractivity contribution >= 4 is 41.3 Å². The molecule has 0 radical (unpaired) electrons. The third-order valence-electron chi connectivity index (χ3n) is 3.65. The maximum absolute atomic E-state index is 4.72. The Morgan fingerprint density at radius 3 is 2.88 bits per heavy atom. The second-order valence-corrected chi connectivity index (χ2v) is 7.20. The van der Waals surface area contributed by atoms with E-state index in [1.165, 1.54) is 10.4 Å². The molecule has 2 aromatic heterocycles. The molecule has 2 heterocycles. The van der Waals surface area contributed by atoms with E-state index >= 15 is 0 Å². The summed E-state index contributed by atoms with van der Waals surface area (Å²) in [5.41, 5.74) is 1.21. The van der Waals surface area contributed by atoms with E-state index in [9.17, 15) is 0 Å². The van der Waals surface area contributed by atoms with Crippen molar-refractivity contribution < 1.29 is 0 Å². The predicted octanol–water partition coefficient (Wildman–Crippen LogP) is 3.70. The van der Waals surface area contributed by atoms with Gasteiger partial charge in [-0.3, -0.25) is 9.67 Å². The number of aliphatic imine (C=N–C) groups is 1. The van der Waals surface area contributed by atoms with Crippen LogP contribution in [0.5, 0.6) is 0 Å². The molecular formula is C18H30IN5S. The minimum atomic E-state index is 0. The molecule has 0 saturated carbocycles. The average molecular weight is 475 g/mol. The van der Waals surface area contributed by atoms with Gasteiger partial charge in [-0.15, -0.1) is 35.3 Å². The maximum Gasteiger partial charge on any atom is 0.191 e. The van der Waals surface area contributed by atoms with E-state index in [1.807, 2.05) is 22.2 Å². The number of nitrogens with zero attached hydrogens (tertiary/aromatic N) is 3. The highest BCUT2D eigenvalue weighted by Crippen LogP contribution is 2.14. The molecule has 0 aliphatic carbocycles. The van der Waals surface area contributed by atoms with Crippen molar-refractivity contribution in [1.29, 1.82) is 0 Å². The van der Waals surface area contributed by atoms with Crippen LogP contribution >= 0.6 is 35.3 Å². The summed E-state index contributed by atoms with van der Waals surface area (Å²) in [6.45, 7) is 9.95. The Morgan fingerprint density at radius 1 is 1.40 bits per heavy atom. The minimum Gasteiger partial charge on any atom is -0.357 e. The molecule has 25 heavy (non-hydrogen) atoms. The molecule has 0 aromatic carbocycles. The van der Waals surface area contributed by atoms with Crippen LogP contribution in [0, 0.1) is 12.8 Å². The van der Waals surface area contributed by atoms with Crippen LogP contribution in [0.15, 0.2) is 34.9 Å². The van der Waals surface area contributed by atoms with Gasteiger partial charge in [-0.1, -0.05) is 13.0 Å². The van der Waals surface area contributed by atoms with Crippen molar-refractivity contribution in [1.82, 2.24) is 20.4 Å². The largest absolute Gasteiger partial charge is 0.357 e. The van der Waals surface area contributed by atoms with E-state index in [0.29, 0.717) is 5.92 Å². The standard InChI is InChI=1S/C18H29N5S.HI/c1-4-19-18(20-8-6-9-23-14-16(3)13-22-23)21-12-15(2)11-17-7-5-10-24-17;/h5,7,10,13-15H,4,6,8-9,11-12H2,1-3H3,(H2,19,20,21);1H. The van der Waals surface area contributed by atoms with Gasteiger partial charge in [0, 0.05) is 37.3 Å². The van der Waals surface area contributed by atoms with Crippen LogP contribution in [-0.4, -0.2) is 35.4 Å². The third kappa shape index (κ3) is 8.71. The lowest BCUT2D eigenvalue weighted by atomic mass is 10.1. The lowest BCUT2D eigenvalue weighted by Gasteiger charge is -2.13. The summed E-state index contributed by atoms with van der Waals surface area (Å²) < 4.78 is 1.99. The fourth-order valence-corrected chi connectivity index (χ4v) is 3.33. The molecule has 0 aliphatic heterocycles. The molecule has 0 amide bonds. The molecular weight excluding hydrogens is 445 g/mol. The summed E-state index contributed by atoms with van der Waals surface area (Å²) in [6, 6.07) is 4.31. The van der Waals surface area contributed by atoms with Gasteiger partial charge in [0.15, 0.2) is 5.96 Å². The summed E-state index contributed by atoms with van der Waals surface area (Å²) in [5.74, 6) is 1.46. The van der Waals surface area contributed by atoms with Crippen LogP contribution in [0.1, 0.15) is 30.7 Å².